The largest absolute Gasteiger partial charge is 0.484 e. The molecular weight excluding hydrogens is 350 g/mol. The fourth-order valence-corrected chi connectivity index (χ4v) is 2.82. The molecule has 136 valence electrons. The van der Waals surface area contributed by atoms with Gasteiger partial charge in [0.05, 0.1) is 16.1 Å². The quantitative estimate of drug-likeness (QED) is 0.681. The minimum Gasteiger partial charge on any atom is -0.484 e. The molecule has 0 aliphatic heterocycles. The molecule has 2 aromatic carbocycles. The number of nitrogens with one attached hydrogen (secondary N) is 1. The Balaban J connectivity index is 1.82. The summed E-state index contributed by atoms with van der Waals surface area (Å²) in [5, 5.41) is 3.49. The van der Waals surface area contributed by atoms with E-state index in [2.05, 4.69) is 24.1 Å². The van der Waals surface area contributed by atoms with Gasteiger partial charge in [-0.1, -0.05) is 49.7 Å². The maximum Gasteiger partial charge on any atom is 0.240 e. The van der Waals surface area contributed by atoms with Crippen LogP contribution >= 0.6 is 11.6 Å². The van der Waals surface area contributed by atoms with Gasteiger partial charge in [-0.15, -0.1) is 0 Å². The lowest BCUT2D eigenvalue weighted by molar-refractivity contribution is -0.121. The zero-order valence-electron chi connectivity index (χ0n) is 14.9. The molecule has 1 heterocycles. The summed E-state index contributed by atoms with van der Waals surface area (Å²) in [6.45, 7) is 5.22. The first-order chi connectivity index (χ1) is 12.5. The number of carbonyl (C=O) groups excluding carboxylic acids is 1. The minimum atomic E-state index is -0.0409. The molecule has 0 atom stereocenters. The van der Waals surface area contributed by atoms with Gasteiger partial charge in [0.25, 0.3) is 0 Å². The lowest BCUT2D eigenvalue weighted by Gasteiger charge is -2.12. The second-order valence-corrected chi connectivity index (χ2v) is 6.93. The Morgan fingerprint density at radius 2 is 1.92 bits per heavy atom. The van der Waals surface area contributed by atoms with Crippen LogP contribution in [0.15, 0.2) is 48.5 Å². The van der Waals surface area contributed by atoms with Crippen molar-refractivity contribution in [3.63, 3.8) is 0 Å². The first-order valence-electron chi connectivity index (χ1n) is 8.62. The summed E-state index contributed by atoms with van der Waals surface area (Å²) in [6.07, 6.45) is 0. The number of hydrogen-bond donors (Lipinski definition) is 1. The predicted octanol–water partition coefficient (Wildman–Crippen LogP) is 4.04. The first-order valence-corrected chi connectivity index (χ1v) is 9.00. The van der Waals surface area contributed by atoms with E-state index >= 15 is 0 Å². The molecule has 5 nitrogen and oxygen atoms in total. The molecule has 0 radical (unpaired) electrons. The highest BCUT2D eigenvalue weighted by Gasteiger charge is 2.14. The fraction of sp³-hybridized carbons (Fsp3) is 0.300. The van der Waals surface area contributed by atoms with E-state index < -0.39 is 0 Å². The van der Waals surface area contributed by atoms with Crippen LogP contribution in [0.2, 0.25) is 5.02 Å². The van der Waals surface area contributed by atoms with Crippen molar-refractivity contribution in [3.05, 3.63) is 59.4 Å². The van der Waals surface area contributed by atoms with Crippen LogP contribution in [0, 0.1) is 5.92 Å². The van der Waals surface area contributed by atoms with Gasteiger partial charge >= 0.3 is 0 Å². The van der Waals surface area contributed by atoms with E-state index in [0.717, 1.165) is 11.0 Å². The first kappa shape index (κ1) is 18.3. The average Bonchev–Trinajstić information content (AvgIpc) is 2.97. The highest BCUT2D eigenvalue weighted by atomic mass is 35.5. The Morgan fingerprint density at radius 3 is 2.69 bits per heavy atom. The topological polar surface area (TPSA) is 56.2 Å². The molecule has 0 saturated heterocycles. The van der Waals surface area contributed by atoms with Gasteiger partial charge < -0.3 is 14.6 Å². The molecule has 1 N–H and O–H groups in total. The van der Waals surface area contributed by atoms with Gasteiger partial charge in [-0.3, -0.25) is 4.79 Å². The summed E-state index contributed by atoms with van der Waals surface area (Å²) in [5.41, 5.74) is 1.74. The lowest BCUT2D eigenvalue weighted by Crippen LogP contribution is -2.31. The number of carbonyl (C=O) groups is 1. The molecular formula is C20H22ClN3O2. The van der Waals surface area contributed by atoms with Crippen LogP contribution in [0.3, 0.4) is 0 Å². The SMILES string of the molecule is CC(C)CNC(=O)Cn1c(COc2ccccc2Cl)nc2ccccc21. The van der Waals surface area contributed by atoms with E-state index in [1.165, 1.54) is 0 Å². The molecule has 3 rings (SSSR count). The molecule has 0 aliphatic carbocycles. The summed E-state index contributed by atoms with van der Waals surface area (Å²) in [6, 6.07) is 15.0. The van der Waals surface area contributed by atoms with E-state index in [0.29, 0.717) is 29.1 Å². The summed E-state index contributed by atoms with van der Waals surface area (Å²) in [4.78, 5) is 16.9. The summed E-state index contributed by atoms with van der Waals surface area (Å²) in [5.74, 6) is 1.64. The monoisotopic (exact) mass is 371 g/mol. The number of para-hydroxylation sites is 3. The molecule has 0 aliphatic rings. The van der Waals surface area contributed by atoms with Crippen molar-refractivity contribution in [1.29, 1.82) is 0 Å². The van der Waals surface area contributed by atoms with Crippen molar-refractivity contribution < 1.29 is 9.53 Å². The highest BCUT2D eigenvalue weighted by Crippen LogP contribution is 2.25. The van der Waals surface area contributed by atoms with Crippen molar-refractivity contribution in [2.24, 2.45) is 5.92 Å². The van der Waals surface area contributed by atoms with E-state index in [1.807, 2.05) is 47.0 Å². The molecule has 0 bridgehead atoms. The van der Waals surface area contributed by atoms with Crippen molar-refractivity contribution in [3.8, 4) is 5.75 Å². The van der Waals surface area contributed by atoms with Gasteiger partial charge in [-0.25, -0.2) is 4.98 Å². The maximum atomic E-state index is 12.3. The maximum absolute atomic E-state index is 12.3. The third-order valence-electron chi connectivity index (χ3n) is 3.94. The molecule has 6 heteroatoms. The number of rotatable bonds is 7. The third-order valence-corrected chi connectivity index (χ3v) is 4.25. The van der Waals surface area contributed by atoms with Crippen LogP contribution < -0.4 is 10.1 Å². The number of ether oxygens (including phenoxy) is 1. The Morgan fingerprint density at radius 1 is 1.19 bits per heavy atom. The predicted molar refractivity (Wildman–Crippen MR) is 103 cm³/mol. The van der Waals surface area contributed by atoms with Crippen LogP contribution in [-0.2, 0) is 17.9 Å². The van der Waals surface area contributed by atoms with Crippen LogP contribution in [0.25, 0.3) is 11.0 Å². The average molecular weight is 372 g/mol. The van der Waals surface area contributed by atoms with E-state index in [1.54, 1.807) is 6.07 Å². The molecule has 26 heavy (non-hydrogen) atoms. The smallest absolute Gasteiger partial charge is 0.240 e. The number of benzene rings is 2. The Labute approximate surface area is 157 Å². The molecule has 0 spiro atoms. The number of nitrogens with zero attached hydrogens (tertiary/aromatic N) is 2. The number of amides is 1. The van der Waals surface area contributed by atoms with Crippen LogP contribution in [-0.4, -0.2) is 22.0 Å². The Hall–Kier alpha value is -2.53. The van der Waals surface area contributed by atoms with Gasteiger partial charge in [-0.2, -0.15) is 0 Å². The molecule has 0 unspecified atom stereocenters. The zero-order chi connectivity index (χ0) is 18.5. The zero-order valence-corrected chi connectivity index (χ0v) is 15.7. The second-order valence-electron chi connectivity index (χ2n) is 6.52. The second kappa shape index (κ2) is 8.23. The van der Waals surface area contributed by atoms with Crippen LogP contribution in [0.1, 0.15) is 19.7 Å². The number of imidazole rings is 1. The highest BCUT2D eigenvalue weighted by molar-refractivity contribution is 6.32. The standard InChI is InChI=1S/C20H22ClN3O2/c1-14(2)11-22-20(25)12-24-17-9-5-4-8-16(17)23-19(24)13-26-18-10-6-3-7-15(18)21/h3-10,14H,11-13H2,1-2H3,(H,22,25). The van der Waals surface area contributed by atoms with Gasteiger partial charge in [0, 0.05) is 6.54 Å². The number of hydrogen-bond acceptors (Lipinski definition) is 3. The van der Waals surface area contributed by atoms with Crippen molar-refractivity contribution in [2.45, 2.75) is 27.0 Å². The van der Waals surface area contributed by atoms with Gasteiger partial charge in [-0.05, 0) is 30.2 Å². The number of halogens is 1. The van der Waals surface area contributed by atoms with Gasteiger partial charge in [0.2, 0.25) is 5.91 Å². The van der Waals surface area contributed by atoms with Gasteiger partial charge in [0.15, 0.2) is 0 Å². The number of fused-ring (bicyclic) bond motifs is 1. The summed E-state index contributed by atoms with van der Waals surface area (Å²) in [7, 11) is 0. The normalized spacial score (nSPS) is 11.1. The van der Waals surface area contributed by atoms with Crippen molar-refractivity contribution >= 4 is 28.5 Å². The minimum absolute atomic E-state index is 0.0409. The number of aromatic nitrogens is 2. The third kappa shape index (κ3) is 4.35. The molecule has 1 aromatic heterocycles. The Kier molecular flexibility index (Phi) is 5.78. The van der Waals surface area contributed by atoms with E-state index in [4.69, 9.17) is 16.3 Å². The van der Waals surface area contributed by atoms with Crippen LogP contribution in [0.5, 0.6) is 5.75 Å². The summed E-state index contributed by atoms with van der Waals surface area (Å²) >= 11 is 6.15. The summed E-state index contributed by atoms with van der Waals surface area (Å²) < 4.78 is 7.72. The van der Waals surface area contributed by atoms with Crippen molar-refractivity contribution in [1.82, 2.24) is 14.9 Å². The molecule has 1 amide bonds. The van der Waals surface area contributed by atoms with Gasteiger partial charge in [0.1, 0.15) is 24.7 Å². The lowest BCUT2D eigenvalue weighted by atomic mass is 10.2. The Bertz CT molecular complexity index is 905. The van der Waals surface area contributed by atoms with E-state index in [-0.39, 0.29) is 19.1 Å². The molecule has 0 fully saturated rings. The fourth-order valence-electron chi connectivity index (χ4n) is 2.63. The van der Waals surface area contributed by atoms with Crippen molar-refractivity contribution in [2.75, 3.05) is 6.54 Å². The molecule has 3 aromatic rings. The molecule has 0 saturated carbocycles. The van der Waals surface area contributed by atoms with E-state index in [9.17, 15) is 4.79 Å². The van der Waals surface area contributed by atoms with Crippen LogP contribution in [0.4, 0.5) is 0 Å².